The maximum atomic E-state index is 6.00. The molecule has 1 aromatic rings. The van der Waals surface area contributed by atoms with Crippen LogP contribution in [0.15, 0.2) is 36.4 Å². The molecular formula is C14H19NO. The van der Waals surface area contributed by atoms with Crippen molar-refractivity contribution in [1.82, 2.24) is 0 Å². The molecule has 1 aliphatic rings. The number of hydrogen-bond donors (Lipinski definition) is 1. The van der Waals surface area contributed by atoms with Crippen LogP contribution in [0.4, 0.5) is 0 Å². The summed E-state index contributed by atoms with van der Waals surface area (Å²) in [6.07, 6.45) is 9.03. The predicted molar refractivity (Wildman–Crippen MR) is 66.6 cm³/mol. The molecule has 0 fully saturated rings. The van der Waals surface area contributed by atoms with E-state index in [1.165, 1.54) is 18.4 Å². The van der Waals surface area contributed by atoms with Gasteiger partial charge in [-0.25, -0.2) is 0 Å². The molecule has 2 nitrogen and oxygen atoms in total. The van der Waals surface area contributed by atoms with Crippen LogP contribution >= 0.6 is 0 Å². The van der Waals surface area contributed by atoms with Crippen molar-refractivity contribution < 1.29 is 4.74 Å². The second-order valence-electron chi connectivity index (χ2n) is 4.16. The fourth-order valence-corrected chi connectivity index (χ4v) is 2.02. The van der Waals surface area contributed by atoms with Gasteiger partial charge in [-0.05, 0) is 49.9 Å². The Hall–Kier alpha value is -1.28. The van der Waals surface area contributed by atoms with Crippen molar-refractivity contribution in [2.45, 2.75) is 31.8 Å². The Morgan fingerprint density at radius 2 is 2.19 bits per heavy atom. The molecule has 2 heteroatoms. The number of nitrogens with two attached hydrogens (primary N) is 1. The highest BCUT2D eigenvalue weighted by molar-refractivity contribution is 5.34. The van der Waals surface area contributed by atoms with E-state index in [0.29, 0.717) is 6.54 Å². The minimum atomic E-state index is 0.243. The largest absolute Gasteiger partial charge is 0.486 e. The minimum Gasteiger partial charge on any atom is -0.486 e. The van der Waals surface area contributed by atoms with Gasteiger partial charge in [-0.1, -0.05) is 24.3 Å². The van der Waals surface area contributed by atoms with Gasteiger partial charge in [-0.3, -0.25) is 0 Å². The van der Waals surface area contributed by atoms with E-state index in [0.717, 1.165) is 18.6 Å². The summed E-state index contributed by atoms with van der Waals surface area (Å²) >= 11 is 0. The second kappa shape index (κ2) is 5.71. The Labute approximate surface area is 97.1 Å². The van der Waals surface area contributed by atoms with Crippen molar-refractivity contribution in [1.29, 1.82) is 0 Å². The van der Waals surface area contributed by atoms with E-state index in [-0.39, 0.29) is 6.10 Å². The molecule has 0 bridgehead atoms. The first-order valence-corrected chi connectivity index (χ1v) is 6.01. The number of rotatable bonds is 4. The summed E-state index contributed by atoms with van der Waals surface area (Å²) in [6.45, 7) is 0.668. The molecule has 0 spiro atoms. The molecule has 86 valence electrons. The summed E-state index contributed by atoms with van der Waals surface area (Å²) in [7, 11) is 0. The van der Waals surface area contributed by atoms with Crippen molar-refractivity contribution in [3.63, 3.8) is 0 Å². The molecule has 0 amide bonds. The van der Waals surface area contributed by atoms with Gasteiger partial charge in [0.05, 0.1) is 0 Å². The molecule has 0 heterocycles. The Bertz CT molecular complexity index is 360. The first-order valence-electron chi connectivity index (χ1n) is 6.01. The summed E-state index contributed by atoms with van der Waals surface area (Å²) < 4.78 is 6.00. The van der Waals surface area contributed by atoms with Gasteiger partial charge >= 0.3 is 0 Å². The van der Waals surface area contributed by atoms with Crippen LogP contribution in [0.5, 0.6) is 5.75 Å². The second-order valence-corrected chi connectivity index (χ2v) is 4.16. The van der Waals surface area contributed by atoms with Crippen LogP contribution in [0.1, 0.15) is 24.8 Å². The summed E-state index contributed by atoms with van der Waals surface area (Å²) in [5.41, 5.74) is 6.81. The average molecular weight is 217 g/mol. The van der Waals surface area contributed by atoms with Crippen LogP contribution in [-0.2, 0) is 6.42 Å². The molecule has 0 aliphatic heterocycles. The third-order valence-corrected chi connectivity index (χ3v) is 2.87. The highest BCUT2D eigenvalue weighted by Gasteiger charge is 2.11. The zero-order valence-electron chi connectivity index (χ0n) is 9.56. The highest BCUT2D eigenvalue weighted by Crippen LogP contribution is 2.23. The third kappa shape index (κ3) is 2.86. The molecule has 1 atom stereocenters. The lowest BCUT2D eigenvalue weighted by atomic mass is 10.0. The van der Waals surface area contributed by atoms with Crippen LogP contribution in [-0.4, -0.2) is 12.6 Å². The van der Waals surface area contributed by atoms with Gasteiger partial charge in [-0.2, -0.15) is 0 Å². The smallest absolute Gasteiger partial charge is 0.123 e. The summed E-state index contributed by atoms with van der Waals surface area (Å²) in [5.74, 6) is 0.990. The van der Waals surface area contributed by atoms with Crippen molar-refractivity contribution in [2.75, 3.05) is 6.54 Å². The van der Waals surface area contributed by atoms with Crippen molar-refractivity contribution in [2.24, 2.45) is 5.73 Å². The van der Waals surface area contributed by atoms with E-state index in [4.69, 9.17) is 10.5 Å². The minimum absolute atomic E-state index is 0.243. The Morgan fingerprint density at radius 3 is 2.94 bits per heavy atom. The maximum Gasteiger partial charge on any atom is 0.123 e. The number of benzene rings is 1. The fourth-order valence-electron chi connectivity index (χ4n) is 2.02. The van der Waals surface area contributed by atoms with E-state index in [9.17, 15) is 0 Å². The first kappa shape index (κ1) is 11.2. The van der Waals surface area contributed by atoms with Crippen LogP contribution in [0.25, 0.3) is 0 Å². The van der Waals surface area contributed by atoms with E-state index in [1.54, 1.807) is 0 Å². The van der Waals surface area contributed by atoms with E-state index < -0.39 is 0 Å². The Balaban J connectivity index is 2.07. The monoisotopic (exact) mass is 217 g/mol. The van der Waals surface area contributed by atoms with E-state index in [1.807, 2.05) is 18.2 Å². The molecule has 16 heavy (non-hydrogen) atoms. The molecule has 0 aromatic heterocycles. The fraction of sp³-hybridized carbons (Fsp3) is 0.429. The van der Waals surface area contributed by atoms with Crippen molar-refractivity contribution in [3.05, 3.63) is 42.0 Å². The van der Waals surface area contributed by atoms with Crippen molar-refractivity contribution in [3.8, 4) is 5.75 Å². The maximum absolute atomic E-state index is 6.00. The molecular weight excluding hydrogens is 198 g/mol. The van der Waals surface area contributed by atoms with Crippen molar-refractivity contribution >= 4 is 0 Å². The molecule has 0 saturated carbocycles. The first-order chi connectivity index (χ1) is 7.90. The standard InChI is InChI=1S/C14H19NO/c15-11-10-12-6-4-5-9-14(12)16-13-7-2-1-3-8-13/h2,4-7,9,13H,1,3,8,10-11,15H2. The summed E-state index contributed by atoms with van der Waals surface area (Å²) in [4.78, 5) is 0. The molecule has 1 aliphatic carbocycles. The van der Waals surface area contributed by atoms with Crippen LogP contribution in [0.3, 0.4) is 0 Å². The predicted octanol–water partition coefficient (Wildman–Crippen LogP) is 2.68. The van der Waals surface area contributed by atoms with Gasteiger partial charge in [0, 0.05) is 0 Å². The van der Waals surface area contributed by atoms with Gasteiger partial charge < -0.3 is 10.5 Å². The normalized spacial score (nSPS) is 19.7. The number of hydrogen-bond acceptors (Lipinski definition) is 2. The number of para-hydroxylation sites is 1. The summed E-state index contributed by atoms with van der Waals surface area (Å²) in [6, 6.07) is 8.18. The molecule has 2 rings (SSSR count). The highest BCUT2D eigenvalue weighted by atomic mass is 16.5. The lowest BCUT2D eigenvalue weighted by Crippen LogP contribution is -2.17. The van der Waals surface area contributed by atoms with Gasteiger partial charge in [0.25, 0.3) is 0 Å². The van der Waals surface area contributed by atoms with Gasteiger partial charge in [0.2, 0.25) is 0 Å². The quantitative estimate of drug-likeness (QED) is 0.787. The SMILES string of the molecule is NCCc1ccccc1OC1C=CCCC1. The van der Waals surface area contributed by atoms with Gasteiger partial charge in [0.1, 0.15) is 11.9 Å². The molecule has 2 N–H and O–H groups in total. The van der Waals surface area contributed by atoms with Gasteiger partial charge in [-0.15, -0.1) is 0 Å². The zero-order chi connectivity index (χ0) is 11.2. The number of allylic oxidation sites excluding steroid dienone is 1. The number of ether oxygens (including phenoxy) is 1. The Morgan fingerprint density at radius 1 is 1.31 bits per heavy atom. The molecule has 1 unspecified atom stereocenters. The molecule has 0 radical (unpaired) electrons. The van der Waals surface area contributed by atoms with E-state index in [2.05, 4.69) is 18.2 Å². The van der Waals surface area contributed by atoms with Crippen LogP contribution in [0, 0.1) is 0 Å². The zero-order valence-corrected chi connectivity index (χ0v) is 9.56. The molecule has 0 saturated heterocycles. The van der Waals surface area contributed by atoms with Crippen LogP contribution < -0.4 is 10.5 Å². The lowest BCUT2D eigenvalue weighted by molar-refractivity contribution is 0.228. The average Bonchev–Trinajstić information content (AvgIpc) is 2.33. The summed E-state index contributed by atoms with van der Waals surface area (Å²) in [5, 5.41) is 0. The Kier molecular flexibility index (Phi) is 4.00. The molecule has 1 aromatic carbocycles. The van der Waals surface area contributed by atoms with Crippen LogP contribution in [0.2, 0.25) is 0 Å². The topological polar surface area (TPSA) is 35.2 Å². The third-order valence-electron chi connectivity index (χ3n) is 2.87. The van der Waals surface area contributed by atoms with Gasteiger partial charge in [0.15, 0.2) is 0 Å². The van der Waals surface area contributed by atoms with E-state index >= 15 is 0 Å². The lowest BCUT2D eigenvalue weighted by Gasteiger charge is -2.20.